The zero-order valence-electron chi connectivity index (χ0n) is 11.9. The average Bonchev–Trinajstić information content (AvgIpc) is 3.36. The molecule has 0 spiro atoms. The fourth-order valence-electron chi connectivity index (χ4n) is 3.04. The maximum Gasteiger partial charge on any atom is 0.193 e. The number of hydrogen-bond acceptors (Lipinski definition) is 7. The molecule has 8 unspecified atom stereocenters. The Morgan fingerprint density at radius 3 is 1.62 bits per heavy atom. The van der Waals surface area contributed by atoms with Crippen molar-refractivity contribution in [2.75, 3.05) is 0 Å². The Morgan fingerprint density at radius 1 is 0.810 bits per heavy atom. The van der Waals surface area contributed by atoms with Crippen LogP contribution in [-0.4, -0.2) is 60.8 Å². The number of carbonyl (C=O) groups excluding carboxylic acids is 2. The van der Waals surface area contributed by atoms with Crippen molar-refractivity contribution in [3.05, 3.63) is 0 Å². The molecular formula is C14H18O7. The van der Waals surface area contributed by atoms with Gasteiger partial charge < -0.3 is 23.7 Å². The van der Waals surface area contributed by atoms with Crippen molar-refractivity contribution in [3.63, 3.8) is 0 Å². The van der Waals surface area contributed by atoms with E-state index in [2.05, 4.69) is 0 Å². The lowest BCUT2D eigenvalue weighted by atomic mass is 10.0. The topological polar surface area (TPSA) is 86.9 Å². The van der Waals surface area contributed by atoms with Gasteiger partial charge in [0.15, 0.2) is 36.4 Å². The second-order valence-electron chi connectivity index (χ2n) is 5.79. The van der Waals surface area contributed by atoms with Crippen molar-refractivity contribution >= 4 is 11.6 Å². The van der Waals surface area contributed by atoms with Crippen LogP contribution in [0.15, 0.2) is 0 Å². The van der Waals surface area contributed by atoms with Gasteiger partial charge in [0.1, 0.15) is 24.4 Å². The Hall–Kier alpha value is -0.860. The van der Waals surface area contributed by atoms with Crippen LogP contribution in [0, 0.1) is 0 Å². The van der Waals surface area contributed by atoms with E-state index in [-0.39, 0.29) is 23.8 Å². The molecule has 4 aliphatic heterocycles. The third kappa shape index (κ3) is 2.15. The number of fused-ring (bicyclic) bond motifs is 2. The molecule has 0 aromatic carbocycles. The quantitative estimate of drug-likeness (QED) is 0.672. The van der Waals surface area contributed by atoms with Crippen LogP contribution >= 0.6 is 0 Å². The number of hydrogen-bond donors (Lipinski definition) is 0. The van der Waals surface area contributed by atoms with Crippen LogP contribution in [-0.2, 0) is 33.3 Å². The van der Waals surface area contributed by atoms with Gasteiger partial charge >= 0.3 is 0 Å². The standard InChI is InChI=1S/C14H18O7/c1-3-5-7(15)9-11(19-9)13(17-5)21-14-12-10(20-12)8(16)6(4-2)18-14/h5-6,9-14H,3-4H2,1-2H3. The first-order chi connectivity index (χ1) is 10.1. The van der Waals surface area contributed by atoms with Crippen molar-refractivity contribution in [2.24, 2.45) is 0 Å². The predicted molar refractivity (Wildman–Crippen MR) is 66.3 cm³/mol. The smallest absolute Gasteiger partial charge is 0.193 e. The predicted octanol–water partition coefficient (Wildman–Crippen LogP) is -0.0542. The molecule has 0 amide bonds. The Labute approximate surface area is 121 Å². The maximum absolute atomic E-state index is 11.8. The highest BCUT2D eigenvalue weighted by Gasteiger charge is 2.62. The van der Waals surface area contributed by atoms with Gasteiger partial charge in [-0.05, 0) is 12.8 Å². The number of epoxide rings is 2. The molecule has 4 aliphatic rings. The van der Waals surface area contributed by atoms with Gasteiger partial charge in [-0.1, -0.05) is 13.8 Å². The van der Waals surface area contributed by atoms with Crippen LogP contribution in [0.5, 0.6) is 0 Å². The fraction of sp³-hybridized carbons (Fsp3) is 0.857. The molecule has 4 saturated heterocycles. The summed E-state index contributed by atoms with van der Waals surface area (Å²) in [6.45, 7) is 3.76. The minimum atomic E-state index is -0.641. The molecule has 0 aromatic rings. The lowest BCUT2D eigenvalue weighted by Crippen LogP contribution is -2.49. The third-order valence-electron chi connectivity index (χ3n) is 4.39. The number of ether oxygens (including phenoxy) is 5. The van der Waals surface area contributed by atoms with E-state index >= 15 is 0 Å². The second kappa shape index (κ2) is 4.82. The maximum atomic E-state index is 11.8. The molecular weight excluding hydrogens is 280 g/mol. The van der Waals surface area contributed by atoms with Gasteiger partial charge in [0, 0.05) is 0 Å². The Balaban J connectivity index is 1.43. The summed E-state index contributed by atoms with van der Waals surface area (Å²) in [7, 11) is 0. The van der Waals surface area contributed by atoms with Crippen LogP contribution in [0.25, 0.3) is 0 Å². The van der Waals surface area contributed by atoms with Crippen molar-refractivity contribution in [1.82, 2.24) is 0 Å². The first-order valence-electron chi connectivity index (χ1n) is 7.48. The summed E-state index contributed by atoms with van der Waals surface area (Å²) in [6, 6.07) is 0. The zero-order valence-corrected chi connectivity index (χ0v) is 11.9. The van der Waals surface area contributed by atoms with E-state index < -0.39 is 37.0 Å². The molecule has 0 radical (unpaired) electrons. The average molecular weight is 298 g/mol. The van der Waals surface area contributed by atoms with Gasteiger partial charge in [0.2, 0.25) is 0 Å². The van der Waals surface area contributed by atoms with E-state index in [0.717, 1.165) is 0 Å². The SMILES string of the molecule is CCC1OC(OC2OC(CC)C(=O)C3OC23)C2OC2C1=O. The molecule has 116 valence electrons. The van der Waals surface area contributed by atoms with Crippen molar-refractivity contribution in [1.29, 1.82) is 0 Å². The molecule has 4 heterocycles. The van der Waals surface area contributed by atoms with Crippen molar-refractivity contribution < 1.29 is 33.3 Å². The molecule has 4 rings (SSSR count). The molecule has 7 nitrogen and oxygen atoms in total. The van der Waals surface area contributed by atoms with E-state index in [0.29, 0.717) is 12.8 Å². The normalized spacial score (nSPS) is 51.3. The van der Waals surface area contributed by atoms with Gasteiger partial charge in [-0.15, -0.1) is 0 Å². The molecule has 7 heteroatoms. The monoisotopic (exact) mass is 298 g/mol. The van der Waals surface area contributed by atoms with Crippen molar-refractivity contribution in [2.45, 2.75) is 75.9 Å². The van der Waals surface area contributed by atoms with Crippen LogP contribution < -0.4 is 0 Å². The summed E-state index contributed by atoms with van der Waals surface area (Å²) in [5, 5.41) is 0. The minimum absolute atomic E-state index is 0.0194. The van der Waals surface area contributed by atoms with E-state index in [1.165, 1.54) is 0 Å². The van der Waals surface area contributed by atoms with Gasteiger partial charge in [-0.3, -0.25) is 9.59 Å². The lowest BCUT2D eigenvalue weighted by Gasteiger charge is -2.31. The number of rotatable bonds is 4. The minimum Gasteiger partial charge on any atom is -0.356 e. The highest BCUT2D eigenvalue weighted by Crippen LogP contribution is 2.41. The third-order valence-corrected chi connectivity index (χ3v) is 4.39. The largest absolute Gasteiger partial charge is 0.356 e. The molecule has 21 heavy (non-hydrogen) atoms. The summed E-state index contributed by atoms with van der Waals surface area (Å²) in [4.78, 5) is 23.7. The first kappa shape index (κ1) is 13.8. The van der Waals surface area contributed by atoms with Crippen LogP contribution in [0.4, 0.5) is 0 Å². The molecule has 0 N–H and O–H groups in total. The summed E-state index contributed by atoms with van der Waals surface area (Å²) in [5.74, 6) is -0.0388. The molecule has 0 aliphatic carbocycles. The highest BCUT2D eigenvalue weighted by molar-refractivity contribution is 5.91. The summed E-state index contributed by atoms with van der Waals surface area (Å²) >= 11 is 0. The Bertz CT molecular complexity index is 436. The zero-order chi connectivity index (χ0) is 14.7. The van der Waals surface area contributed by atoms with Gasteiger partial charge in [0.25, 0.3) is 0 Å². The van der Waals surface area contributed by atoms with E-state index in [9.17, 15) is 9.59 Å². The molecule has 0 bridgehead atoms. The summed E-state index contributed by atoms with van der Waals surface area (Å²) in [6.07, 6.45) is -2.68. The summed E-state index contributed by atoms with van der Waals surface area (Å²) < 4.78 is 27.8. The Morgan fingerprint density at radius 2 is 1.24 bits per heavy atom. The molecule has 0 aromatic heterocycles. The van der Waals surface area contributed by atoms with Crippen LogP contribution in [0.1, 0.15) is 26.7 Å². The molecule has 8 atom stereocenters. The molecule has 4 fully saturated rings. The van der Waals surface area contributed by atoms with E-state index in [1.807, 2.05) is 13.8 Å². The fourth-order valence-corrected chi connectivity index (χ4v) is 3.04. The van der Waals surface area contributed by atoms with Crippen molar-refractivity contribution in [3.8, 4) is 0 Å². The number of carbonyl (C=O) groups is 2. The molecule has 0 saturated carbocycles. The first-order valence-corrected chi connectivity index (χ1v) is 7.48. The van der Waals surface area contributed by atoms with Gasteiger partial charge in [-0.2, -0.15) is 0 Å². The lowest BCUT2D eigenvalue weighted by molar-refractivity contribution is -0.279. The van der Waals surface area contributed by atoms with E-state index in [4.69, 9.17) is 23.7 Å². The van der Waals surface area contributed by atoms with Crippen LogP contribution in [0.3, 0.4) is 0 Å². The van der Waals surface area contributed by atoms with Gasteiger partial charge in [0.05, 0.1) is 0 Å². The number of ketones is 2. The van der Waals surface area contributed by atoms with Gasteiger partial charge in [-0.25, -0.2) is 0 Å². The number of Topliss-reactive ketones (excluding diaryl/α,β-unsaturated/α-hetero) is 2. The van der Waals surface area contributed by atoms with Crippen LogP contribution in [0.2, 0.25) is 0 Å². The summed E-state index contributed by atoms with van der Waals surface area (Å²) in [5.41, 5.74) is 0. The second-order valence-corrected chi connectivity index (χ2v) is 5.79. The highest BCUT2D eigenvalue weighted by atomic mass is 16.8. The Kier molecular flexibility index (Phi) is 3.16. The van der Waals surface area contributed by atoms with E-state index in [1.54, 1.807) is 0 Å².